The molecule has 0 saturated carbocycles. The molecule has 1 aromatic carbocycles. The number of carbonyl (C=O) groups is 2. The summed E-state index contributed by atoms with van der Waals surface area (Å²) in [4.78, 5) is 36.2. The molecule has 0 bridgehead atoms. The van der Waals surface area contributed by atoms with Crippen molar-refractivity contribution < 1.29 is 18.0 Å². The summed E-state index contributed by atoms with van der Waals surface area (Å²) in [5.74, 6) is -1.59. The molecule has 2 aromatic rings. The molecule has 1 aliphatic rings. The van der Waals surface area contributed by atoms with Crippen molar-refractivity contribution in [3.05, 3.63) is 50.8 Å². The van der Waals surface area contributed by atoms with Gasteiger partial charge in [-0.1, -0.05) is 6.07 Å². The number of aryl methyl sites for hydroxylation is 2. The largest absolute Gasteiger partial charge is 0.384 e. The van der Waals surface area contributed by atoms with Gasteiger partial charge in [-0.15, -0.1) is 0 Å². The Morgan fingerprint density at radius 3 is 2.24 bits per heavy atom. The molecule has 0 aliphatic carbocycles. The van der Waals surface area contributed by atoms with Crippen LogP contribution < -0.4 is 16.6 Å². The maximum atomic E-state index is 12.5. The Kier molecular flexibility index (Phi) is 3.57. The maximum absolute atomic E-state index is 12.5. The van der Waals surface area contributed by atoms with Crippen molar-refractivity contribution >= 4 is 27.5 Å². The standard InChI is InChI=1S/C16H15N3O5S/c1-7-4-8(2)11(25(3,23)24)6-10(7)19-12(20)5-9-13(14(19)17)16(22)18-15(9)21/h4-6H,17H2,1-3H3,(H,18,21,22). The van der Waals surface area contributed by atoms with Crippen LogP contribution in [0.4, 0.5) is 5.82 Å². The normalized spacial score (nSPS) is 13.7. The zero-order valence-corrected chi connectivity index (χ0v) is 14.5. The van der Waals surface area contributed by atoms with Gasteiger partial charge in [-0.3, -0.25) is 24.3 Å². The second-order valence-electron chi connectivity index (χ2n) is 5.95. The van der Waals surface area contributed by atoms with Gasteiger partial charge in [0.25, 0.3) is 17.4 Å². The molecule has 0 saturated heterocycles. The van der Waals surface area contributed by atoms with Crippen LogP contribution >= 0.6 is 0 Å². The van der Waals surface area contributed by atoms with Crippen LogP contribution in [0.1, 0.15) is 31.8 Å². The van der Waals surface area contributed by atoms with E-state index < -0.39 is 27.2 Å². The zero-order valence-electron chi connectivity index (χ0n) is 13.7. The SMILES string of the molecule is Cc1cc(C)c(S(C)(=O)=O)cc1-n1c(N)c2c(cc1=O)C(=O)NC2=O. The van der Waals surface area contributed by atoms with E-state index in [1.165, 1.54) is 6.07 Å². The second kappa shape index (κ2) is 5.28. The van der Waals surface area contributed by atoms with Crippen LogP contribution in [0.25, 0.3) is 5.69 Å². The number of amides is 2. The maximum Gasteiger partial charge on any atom is 0.262 e. The number of anilines is 1. The van der Waals surface area contributed by atoms with Gasteiger partial charge in [0, 0.05) is 12.3 Å². The van der Waals surface area contributed by atoms with Crippen molar-refractivity contribution in [2.45, 2.75) is 18.7 Å². The van der Waals surface area contributed by atoms with Crippen molar-refractivity contribution in [1.29, 1.82) is 0 Å². The van der Waals surface area contributed by atoms with E-state index in [2.05, 4.69) is 5.32 Å². The van der Waals surface area contributed by atoms with E-state index in [0.717, 1.165) is 16.9 Å². The fourth-order valence-corrected chi connectivity index (χ4v) is 3.96. The summed E-state index contributed by atoms with van der Waals surface area (Å²) < 4.78 is 25.0. The number of imide groups is 1. The van der Waals surface area contributed by atoms with Crippen molar-refractivity contribution in [2.75, 3.05) is 12.0 Å². The lowest BCUT2D eigenvalue weighted by molar-refractivity contribution is 0.0880. The van der Waals surface area contributed by atoms with E-state index in [1.807, 2.05) is 0 Å². The quantitative estimate of drug-likeness (QED) is 0.742. The van der Waals surface area contributed by atoms with Gasteiger partial charge in [0.15, 0.2) is 9.84 Å². The predicted molar refractivity (Wildman–Crippen MR) is 90.8 cm³/mol. The Balaban J connectivity index is 2.40. The molecule has 1 aliphatic heterocycles. The summed E-state index contributed by atoms with van der Waals surface area (Å²) in [5.41, 5.74) is 6.55. The van der Waals surface area contributed by atoms with Crippen molar-refractivity contribution in [3.8, 4) is 5.69 Å². The van der Waals surface area contributed by atoms with Gasteiger partial charge in [-0.05, 0) is 31.0 Å². The summed E-state index contributed by atoms with van der Waals surface area (Å²) in [5, 5.41) is 2.08. The van der Waals surface area contributed by atoms with E-state index in [-0.39, 0.29) is 27.5 Å². The van der Waals surface area contributed by atoms with Crippen LogP contribution in [0.3, 0.4) is 0 Å². The van der Waals surface area contributed by atoms with Gasteiger partial charge in [-0.2, -0.15) is 0 Å². The third-order valence-electron chi connectivity index (χ3n) is 4.09. The Morgan fingerprint density at radius 2 is 1.64 bits per heavy atom. The van der Waals surface area contributed by atoms with Crippen LogP contribution in [0.15, 0.2) is 27.9 Å². The van der Waals surface area contributed by atoms with Crippen molar-refractivity contribution in [3.63, 3.8) is 0 Å². The van der Waals surface area contributed by atoms with Crippen LogP contribution in [0, 0.1) is 13.8 Å². The van der Waals surface area contributed by atoms with Gasteiger partial charge >= 0.3 is 0 Å². The second-order valence-corrected chi connectivity index (χ2v) is 7.94. The van der Waals surface area contributed by atoms with E-state index >= 15 is 0 Å². The lowest BCUT2D eigenvalue weighted by Gasteiger charge is -2.16. The number of nitrogens with zero attached hydrogens (tertiary/aromatic N) is 1. The van der Waals surface area contributed by atoms with E-state index in [0.29, 0.717) is 11.1 Å². The smallest absolute Gasteiger partial charge is 0.262 e. The molecule has 0 fully saturated rings. The van der Waals surface area contributed by atoms with E-state index in [9.17, 15) is 22.8 Å². The minimum Gasteiger partial charge on any atom is -0.384 e. The number of nitrogens with one attached hydrogen (secondary N) is 1. The Hall–Kier alpha value is -2.94. The number of sulfone groups is 1. The highest BCUT2D eigenvalue weighted by Crippen LogP contribution is 2.27. The van der Waals surface area contributed by atoms with Gasteiger partial charge in [0.05, 0.1) is 21.7 Å². The van der Waals surface area contributed by atoms with Crippen LogP contribution in [-0.4, -0.2) is 31.1 Å². The molecule has 0 atom stereocenters. The molecule has 2 heterocycles. The Bertz CT molecular complexity index is 1130. The van der Waals surface area contributed by atoms with Crippen molar-refractivity contribution in [1.82, 2.24) is 9.88 Å². The molecule has 1 aromatic heterocycles. The topological polar surface area (TPSA) is 128 Å². The number of nitrogens with two attached hydrogens (primary N) is 1. The molecule has 3 N–H and O–H groups in total. The summed E-state index contributed by atoms with van der Waals surface area (Å²) in [6.45, 7) is 3.34. The van der Waals surface area contributed by atoms with Gasteiger partial charge < -0.3 is 5.73 Å². The van der Waals surface area contributed by atoms with Crippen LogP contribution in [0.5, 0.6) is 0 Å². The highest BCUT2D eigenvalue weighted by Gasteiger charge is 2.32. The number of hydrogen-bond donors (Lipinski definition) is 2. The number of nitrogen functional groups attached to an aromatic ring is 1. The summed E-state index contributed by atoms with van der Waals surface area (Å²) in [6, 6.07) is 3.99. The molecule has 25 heavy (non-hydrogen) atoms. The molecule has 0 radical (unpaired) electrons. The summed E-state index contributed by atoms with van der Waals surface area (Å²) in [7, 11) is -3.53. The summed E-state index contributed by atoms with van der Waals surface area (Å²) in [6.07, 6.45) is 1.06. The first-order chi connectivity index (χ1) is 11.5. The number of carbonyl (C=O) groups excluding carboxylic acids is 2. The first-order valence-corrected chi connectivity index (χ1v) is 9.14. The molecule has 8 nitrogen and oxygen atoms in total. The van der Waals surface area contributed by atoms with Crippen molar-refractivity contribution in [2.24, 2.45) is 0 Å². The number of pyridine rings is 1. The lowest BCUT2D eigenvalue weighted by Crippen LogP contribution is -2.25. The molecular formula is C16H15N3O5S. The highest BCUT2D eigenvalue weighted by atomic mass is 32.2. The van der Waals surface area contributed by atoms with Gasteiger partial charge in [0.1, 0.15) is 5.82 Å². The minimum absolute atomic E-state index is 0.0560. The fraction of sp³-hybridized carbons (Fsp3) is 0.188. The van der Waals surface area contributed by atoms with Crippen LogP contribution in [-0.2, 0) is 9.84 Å². The van der Waals surface area contributed by atoms with Gasteiger partial charge in [-0.25, -0.2) is 8.42 Å². The fourth-order valence-electron chi connectivity index (χ4n) is 2.99. The zero-order chi connectivity index (χ0) is 18.7. The number of aromatic nitrogens is 1. The molecule has 0 spiro atoms. The third-order valence-corrected chi connectivity index (χ3v) is 5.33. The Labute approximate surface area is 143 Å². The average Bonchev–Trinajstić information content (AvgIpc) is 2.74. The number of rotatable bonds is 2. The van der Waals surface area contributed by atoms with Gasteiger partial charge in [0.2, 0.25) is 0 Å². The minimum atomic E-state index is -3.53. The molecule has 0 unspecified atom stereocenters. The monoisotopic (exact) mass is 361 g/mol. The number of hydrogen-bond acceptors (Lipinski definition) is 6. The average molecular weight is 361 g/mol. The highest BCUT2D eigenvalue weighted by molar-refractivity contribution is 7.90. The molecule has 130 valence electrons. The molecular weight excluding hydrogens is 346 g/mol. The molecule has 3 rings (SSSR count). The Morgan fingerprint density at radius 1 is 1.00 bits per heavy atom. The number of fused-ring (bicyclic) bond motifs is 1. The summed E-state index contributed by atoms with van der Waals surface area (Å²) >= 11 is 0. The first kappa shape index (κ1) is 16.9. The van der Waals surface area contributed by atoms with Crippen LogP contribution in [0.2, 0.25) is 0 Å². The predicted octanol–water partition coefficient (Wildman–Crippen LogP) is 0.324. The lowest BCUT2D eigenvalue weighted by atomic mass is 10.1. The first-order valence-electron chi connectivity index (χ1n) is 7.25. The molecule has 9 heteroatoms. The number of benzene rings is 1. The third kappa shape index (κ3) is 2.52. The van der Waals surface area contributed by atoms with E-state index in [1.54, 1.807) is 19.9 Å². The van der Waals surface area contributed by atoms with E-state index in [4.69, 9.17) is 5.73 Å². The molecule has 2 amide bonds.